The maximum atomic E-state index is 7.04. The molecule has 5 heteroatoms. The van der Waals surface area contributed by atoms with Crippen molar-refractivity contribution < 1.29 is 8.83 Å². The molecule has 5 heterocycles. The summed E-state index contributed by atoms with van der Waals surface area (Å²) in [5.41, 5.74) is 24.8. The fraction of sp³-hybridized carbons (Fsp3) is 0.143. The number of furan rings is 2. The minimum absolute atomic E-state index is 0.0156. The second-order valence-electron chi connectivity index (χ2n) is 21.3. The molecule has 2 aliphatic carbocycles. The number of nitrogens with zero attached hydrogens (tertiary/aromatic N) is 2. The van der Waals surface area contributed by atoms with Crippen LogP contribution in [0.3, 0.4) is 0 Å². The highest BCUT2D eigenvalue weighted by Gasteiger charge is 2.56. The number of fused-ring (bicyclic) bond motifs is 21. The molecule has 0 saturated heterocycles. The van der Waals surface area contributed by atoms with Crippen LogP contribution >= 0.6 is 0 Å². The number of benzene rings is 9. The third-order valence-electron chi connectivity index (χ3n) is 17.1. The molecular formula is C63H45BN2O2. The van der Waals surface area contributed by atoms with Crippen molar-refractivity contribution in [3.63, 3.8) is 0 Å². The molecule has 0 atom stereocenters. The second kappa shape index (κ2) is 12.4. The average Bonchev–Trinajstić information content (AvgIpc) is 4.02. The van der Waals surface area contributed by atoms with Crippen LogP contribution in [0.5, 0.6) is 0 Å². The number of hydrogen-bond acceptors (Lipinski definition) is 4. The zero-order valence-corrected chi connectivity index (χ0v) is 38.4. The normalized spacial score (nSPS) is 17.0. The second-order valence-corrected chi connectivity index (χ2v) is 21.3. The zero-order chi connectivity index (χ0) is 45.0. The fourth-order valence-corrected chi connectivity index (χ4v) is 14.0. The van der Waals surface area contributed by atoms with E-state index >= 15 is 0 Å². The molecule has 322 valence electrons. The lowest BCUT2D eigenvalue weighted by molar-refractivity contribution is 0.332. The predicted octanol–water partition coefficient (Wildman–Crippen LogP) is 15.2. The van der Waals surface area contributed by atoms with Gasteiger partial charge in [-0.05, 0) is 121 Å². The lowest BCUT2D eigenvalue weighted by Crippen LogP contribution is -2.62. The Morgan fingerprint density at radius 3 is 1.84 bits per heavy atom. The van der Waals surface area contributed by atoms with Crippen LogP contribution < -0.4 is 20.6 Å². The molecule has 4 nitrogen and oxygen atoms in total. The first kappa shape index (κ1) is 37.3. The minimum Gasteiger partial charge on any atom is -0.456 e. The van der Waals surface area contributed by atoms with Gasteiger partial charge in [0.25, 0.3) is 0 Å². The Morgan fingerprint density at radius 1 is 0.441 bits per heavy atom. The van der Waals surface area contributed by atoms with E-state index in [9.17, 15) is 0 Å². The van der Waals surface area contributed by atoms with Gasteiger partial charge in [0.15, 0.2) is 0 Å². The van der Waals surface area contributed by atoms with E-state index in [1.807, 2.05) is 0 Å². The van der Waals surface area contributed by atoms with Crippen LogP contribution in [-0.2, 0) is 16.2 Å². The van der Waals surface area contributed by atoms with Crippen LogP contribution in [0.15, 0.2) is 185 Å². The Balaban J connectivity index is 1.10. The lowest BCUT2D eigenvalue weighted by Gasteiger charge is -2.51. The van der Waals surface area contributed by atoms with Gasteiger partial charge >= 0.3 is 6.85 Å². The third-order valence-corrected chi connectivity index (χ3v) is 17.1. The van der Waals surface area contributed by atoms with E-state index in [1.54, 1.807) is 0 Å². The summed E-state index contributed by atoms with van der Waals surface area (Å²) in [5, 5.41) is 4.53. The molecule has 0 fully saturated rings. The number of anilines is 5. The van der Waals surface area contributed by atoms with Gasteiger partial charge < -0.3 is 18.5 Å². The smallest absolute Gasteiger partial charge is 0.333 e. The van der Waals surface area contributed by atoms with Crippen molar-refractivity contribution in [3.8, 4) is 22.3 Å². The molecule has 16 rings (SSSR count). The summed E-state index contributed by atoms with van der Waals surface area (Å²) in [5.74, 6) is 0. The van der Waals surface area contributed by atoms with Crippen LogP contribution in [0.2, 0.25) is 0 Å². The molecule has 1 spiro atoms. The van der Waals surface area contributed by atoms with Crippen LogP contribution in [0.1, 0.15) is 73.9 Å². The van der Waals surface area contributed by atoms with Gasteiger partial charge in [-0.2, -0.15) is 0 Å². The molecule has 0 N–H and O–H groups in total. The van der Waals surface area contributed by atoms with Gasteiger partial charge in [-0.1, -0.05) is 155 Å². The summed E-state index contributed by atoms with van der Waals surface area (Å²) in [6, 6.07) is 66.4. The van der Waals surface area contributed by atoms with Gasteiger partial charge in [-0.15, -0.1) is 0 Å². The van der Waals surface area contributed by atoms with Crippen LogP contribution in [0, 0.1) is 0 Å². The SMILES string of the molecule is CC1(C)CCC(C)(C)c2cc(N3B4c5cccc6c5N(c5ccccc5C65c6ccccc6-c6ccccc65)c5cc6oc7ccccc7c6c(c54)-c4cc5c(cc43)oc3ccccc35)ccc21. The van der Waals surface area contributed by atoms with Crippen LogP contribution in [0.4, 0.5) is 28.4 Å². The van der Waals surface area contributed by atoms with Crippen molar-refractivity contribution in [3.05, 3.63) is 209 Å². The van der Waals surface area contributed by atoms with E-state index < -0.39 is 5.41 Å². The van der Waals surface area contributed by atoms with Crippen molar-refractivity contribution in [2.24, 2.45) is 0 Å². The molecule has 0 unspecified atom stereocenters. The number of hydrogen-bond donors (Lipinski definition) is 0. The number of rotatable bonds is 1. The third kappa shape index (κ3) is 4.36. The van der Waals surface area contributed by atoms with Crippen molar-refractivity contribution in [1.82, 2.24) is 0 Å². The van der Waals surface area contributed by atoms with Crippen LogP contribution in [0.25, 0.3) is 66.1 Å². The highest BCUT2D eigenvalue weighted by atomic mass is 16.3. The first-order chi connectivity index (χ1) is 33.2. The summed E-state index contributed by atoms with van der Waals surface area (Å²) in [7, 11) is 0. The van der Waals surface area contributed by atoms with Crippen molar-refractivity contribution in [1.29, 1.82) is 0 Å². The Hall–Kier alpha value is -7.76. The van der Waals surface area contributed by atoms with E-state index in [0.29, 0.717) is 0 Å². The molecule has 0 amide bonds. The van der Waals surface area contributed by atoms with Gasteiger partial charge in [0, 0.05) is 62.0 Å². The maximum absolute atomic E-state index is 7.04. The molecule has 68 heavy (non-hydrogen) atoms. The van der Waals surface area contributed by atoms with Gasteiger partial charge in [0.1, 0.15) is 22.3 Å². The van der Waals surface area contributed by atoms with Gasteiger partial charge in [-0.25, -0.2) is 0 Å². The number of para-hydroxylation sites is 4. The van der Waals surface area contributed by atoms with Crippen LogP contribution in [-0.4, -0.2) is 6.85 Å². The molecule has 0 bridgehead atoms. The van der Waals surface area contributed by atoms with Crippen molar-refractivity contribution in [2.45, 2.75) is 56.8 Å². The predicted molar refractivity (Wildman–Crippen MR) is 281 cm³/mol. The Morgan fingerprint density at radius 2 is 1.06 bits per heavy atom. The van der Waals surface area contributed by atoms with Crippen molar-refractivity contribution >= 4 is 90.1 Å². The lowest BCUT2D eigenvalue weighted by atomic mass is 9.42. The van der Waals surface area contributed by atoms with Crippen molar-refractivity contribution in [2.75, 3.05) is 9.71 Å². The summed E-state index contributed by atoms with van der Waals surface area (Å²) < 4.78 is 13.9. The molecule has 0 saturated carbocycles. The molecule has 2 aromatic heterocycles. The van der Waals surface area contributed by atoms with E-state index in [-0.39, 0.29) is 17.7 Å². The van der Waals surface area contributed by atoms with Gasteiger partial charge in [0.2, 0.25) is 0 Å². The zero-order valence-electron chi connectivity index (χ0n) is 38.4. The average molecular weight is 873 g/mol. The molecular weight excluding hydrogens is 828 g/mol. The standard InChI is InChI=1S/C63H45BN2O2/c1-61(2)30-31-62(3,4)48-32-36(28-29-45(48)61)66-51-34-55-41(39-18-7-13-26-53(39)67-55)33-42(51)58-57-40-19-8-14-27-54(40)68-56(57)35-52-59(58)64(66)49-24-15-23-47-60(49)65(52)50-25-12-11-22-46(50)63(47)43-20-9-5-16-37(43)38-17-6-10-21-44(38)63/h5-29,32-35H,30-31H2,1-4H3. The first-order valence-electron chi connectivity index (χ1n) is 24.3. The van der Waals surface area contributed by atoms with Gasteiger partial charge in [0.05, 0.1) is 11.1 Å². The van der Waals surface area contributed by atoms with E-state index in [1.165, 1.54) is 90.0 Å². The van der Waals surface area contributed by atoms with E-state index in [4.69, 9.17) is 8.83 Å². The topological polar surface area (TPSA) is 32.8 Å². The summed E-state index contributed by atoms with van der Waals surface area (Å²) in [6.45, 7) is 9.54. The highest BCUT2D eigenvalue weighted by molar-refractivity contribution is 6.94. The highest BCUT2D eigenvalue weighted by Crippen LogP contribution is 2.64. The van der Waals surface area contributed by atoms with E-state index in [2.05, 4.69) is 213 Å². The Labute approximate surface area is 395 Å². The Kier molecular flexibility index (Phi) is 6.82. The minimum atomic E-state index is -0.547. The summed E-state index contributed by atoms with van der Waals surface area (Å²) in [6.07, 6.45) is 2.30. The first-order valence-corrected chi connectivity index (χ1v) is 24.3. The molecule has 5 aliphatic rings. The van der Waals surface area contributed by atoms with E-state index in [0.717, 1.165) is 61.7 Å². The molecule has 11 aromatic rings. The van der Waals surface area contributed by atoms with Gasteiger partial charge in [-0.3, -0.25) is 0 Å². The molecule has 3 aliphatic heterocycles. The molecule has 9 aromatic carbocycles. The fourth-order valence-electron chi connectivity index (χ4n) is 14.0. The maximum Gasteiger partial charge on any atom is 0.333 e. The summed E-state index contributed by atoms with van der Waals surface area (Å²) >= 11 is 0. The monoisotopic (exact) mass is 872 g/mol. The summed E-state index contributed by atoms with van der Waals surface area (Å²) in [4.78, 5) is 5.31. The molecule has 0 radical (unpaired) electrons. The quantitative estimate of drug-likeness (QED) is 0.154. The largest absolute Gasteiger partial charge is 0.456 e. The Bertz CT molecular complexity index is 4050.